The van der Waals surface area contributed by atoms with E-state index in [-0.39, 0.29) is 16.9 Å². The summed E-state index contributed by atoms with van der Waals surface area (Å²) >= 11 is 0. The van der Waals surface area contributed by atoms with Crippen LogP contribution in [0.1, 0.15) is 59.5 Å². The molecule has 0 heterocycles. The fraction of sp³-hybridized carbons (Fsp3) is 0.231. The van der Waals surface area contributed by atoms with Crippen molar-refractivity contribution in [3.63, 3.8) is 0 Å². The van der Waals surface area contributed by atoms with Gasteiger partial charge in [-0.2, -0.15) is 0 Å². The lowest BCUT2D eigenvalue weighted by Gasteiger charge is -2.23. The molecule has 0 unspecified atom stereocenters. The second-order valence-corrected chi connectivity index (χ2v) is 8.08. The van der Waals surface area contributed by atoms with Gasteiger partial charge in [-0.25, -0.2) is 9.59 Å². The molecule has 4 nitrogen and oxygen atoms in total. The first-order valence-corrected chi connectivity index (χ1v) is 10.0. The standard InChI is InChI=1S/C26H26O4/c1-5-18-16-21(26(2,3)4)17-22(29-24(27)19-12-8-6-9-13-19)23(18)30-25(28)20-14-10-7-11-15-20/h6-17H,5H2,1-4H3. The van der Waals surface area contributed by atoms with Gasteiger partial charge in [0.25, 0.3) is 0 Å². The van der Waals surface area contributed by atoms with Crippen LogP contribution in [-0.4, -0.2) is 11.9 Å². The molecule has 0 spiro atoms. The van der Waals surface area contributed by atoms with Crippen molar-refractivity contribution in [1.29, 1.82) is 0 Å². The molecule has 3 aromatic carbocycles. The molecule has 0 radical (unpaired) electrons. The normalized spacial score (nSPS) is 11.1. The van der Waals surface area contributed by atoms with E-state index in [2.05, 4.69) is 20.8 Å². The van der Waals surface area contributed by atoms with Gasteiger partial charge in [0.05, 0.1) is 11.1 Å². The third-order valence-corrected chi connectivity index (χ3v) is 4.80. The Kier molecular flexibility index (Phi) is 6.36. The first kappa shape index (κ1) is 21.3. The van der Waals surface area contributed by atoms with E-state index in [0.717, 1.165) is 11.1 Å². The molecule has 0 saturated carbocycles. The minimum Gasteiger partial charge on any atom is -0.419 e. The van der Waals surface area contributed by atoms with Gasteiger partial charge in [0.15, 0.2) is 11.5 Å². The van der Waals surface area contributed by atoms with Crippen molar-refractivity contribution in [3.05, 3.63) is 95.1 Å². The second-order valence-electron chi connectivity index (χ2n) is 8.08. The Morgan fingerprint density at radius 1 is 0.767 bits per heavy atom. The zero-order valence-electron chi connectivity index (χ0n) is 17.8. The summed E-state index contributed by atoms with van der Waals surface area (Å²) in [6, 6.07) is 21.3. The minimum atomic E-state index is -0.499. The summed E-state index contributed by atoms with van der Waals surface area (Å²) in [6.45, 7) is 8.23. The fourth-order valence-electron chi connectivity index (χ4n) is 3.01. The quantitative estimate of drug-likeness (QED) is 0.389. The Hall–Kier alpha value is -3.40. The van der Waals surface area contributed by atoms with Crippen LogP contribution >= 0.6 is 0 Å². The van der Waals surface area contributed by atoms with Crippen LogP contribution in [0.4, 0.5) is 0 Å². The van der Waals surface area contributed by atoms with E-state index in [1.165, 1.54) is 0 Å². The molecule has 0 bridgehead atoms. The Bertz CT molecular complexity index is 1030. The number of benzene rings is 3. The predicted octanol–water partition coefficient (Wildman–Crippen LogP) is 5.98. The van der Waals surface area contributed by atoms with Gasteiger partial charge in [0.1, 0.15) is 0 Å². The van der Waals surface area contributed by atoms with E-state index in [0.29, 0.717) is 17.5 Å². The zero-order chi connectivity index (χ0) is 21.7. The van der Waals surface area contributed by atoms with Crippen molar-refractivity contribution in [2.75, 3.05) is 0 Å². The smallest absolute Gasteiger partial charge is 0.343 e. The average Bonchev–Trinajstić information content (AvgIpc) is 2.75. The molecule has 30 heavy (non-hydrogen) atoms. The van der Waals surface area contributed by atoms with Gasteiger partial charge in [0.2, 0.25) is 0 Å². The molecule has 3 rings (SSSR count). The van der Waals surface area contributed by atoms with Crippen LogP contribution in [0.25, 0.3) is 0 Å². The lowest BCUT2D eigenvalue weighted by molar-refractivity contribution is 0.0680. The summed E-state index contributed by atoms with van der Waals surface area (Å²) in [5.41, 5.74) is 2.49. The van der Waals surface area contributed by atoms with E-state index < -0.39 is 11.9 Å². The number of carbonyl (C=O) groups is 2. The molecule has 0 aliphatic carbocycles. The summed E-state index contributed by atoms with van der Waals surface area (Å²) < 4.78 is 11.5. The van der Waals surface area contributed by atoms with Crippen LogP contribution in [0.15, 0.2) is 72.8 Å². The molecule has 0 aliphatic heterocycles. The van der Waals surface area contributed by atoms with Crippen LogP contribution in [0.3, 0.4) is 0 Å². The number of hydrogen-bond donors (Lipinski definition) is 0. The Morgan fingerprint density at radius 2 is 1.27 bits per heavy atom. The van der Waals surface area contributed by atoms with Crippen LogP contribution in [0.5, 0.6) is 11.5 Å². The van der Waals surface area contributed by atoms with Crippen molar-refractivity contribution < 1.29 is 19.1 Å². The molecule has 0 fully saturated rings. The topological polar surface area (TPSA) is 52.6 Å². The Labute approximate surface area is 177 Å². The van der Waals surface area contributed by atoms with Gasteiger partial charge in [-0.3, -0.25) is 0 Å². The highest BCUT2D eigenvalue weighted by Gasteiger charge is 2.24. The fourth-order valence-corrected chi connectivity index (χ4v) is 3.01. The van der Waals surface area contributed by atoms with E-state index in [1.54, 1.807) is 54.6 Å². The first-order valence-electron chi connectivity index (χ1n) is 10.0. The zero-order valence-corrected chi connectivity index (χ0v) is 17.8. The number of carbonyl (C=O) groups excluding carboxylic acids is 2. The lowest BCUT2D eigenvalue weighted by atomic mass is 9.85. The van der Waals surface area contributed by atoms with Crippen molar-refractivity contribution >= 4 is 11.9 Å². The monoisotopic (exact) mass is 402 g/mol. The van der Waals surface area contributed by atoms with E-state index in [9.17, 15) is 9.59 Å². The van der Waals surface area contributed by atoms with Crippen LogP contribution in [-0.2, 0) is 11.8 Å². The van der Waals surface area contributed by atoms with E-state index >= 15 is 0 Å². The van der Waals surface area contributed by atoms with Crippen molar-refractivity contribution in [1.82, 2.24) is 0 Å². The average molecular weight is 402 g/mol. The Morgan fingerprint density at radius 3 is 1.73 bits per heavy atom. The number of ether oxygens (including phenoxy) is 2. The maximum absolute atomic E-state index is 12.7. The predicted molar refractivity (Wildman–Crippen MR) is 117 cm³/mol. The number of hydrogen-bond acceptors (Lipinski definition) is 4. The molecule has 0 atom stereocenters. The highest BCUT2D eigenvalue weighted by atomic mass is 16.6. The van der Waals surface area contributed by atoms with Crippen LogP contribution in [0.2, 0.25) is 0 Å². The third kappa shape index (κ3) is 4.95. The number of rotatable bonds is 5. The summed E-state index contributed by atoms with van der Waals surface area (Å²) in [7, 11) is 0. The molecule has 0 saturated heterocycles. The Balaban J connectivity index is 2.04. The number of esters is 2. The minimum absolute atomic E-state index is 0.167. The molecule has 0 amide bonds. The maximum atomic E-state index is 12.7. The summed E-state index contributed by atoms with van der Waals surface area (Å²) in [5, 5.41) is 0. The molecule has 154 valence electrons. The van der Waals surface area contributed by atoms with E-state index in [4.69, 9.17) is 9.47 Å². The van der Waals surface area contributed by atoms with Gasteiger partial charge in [-0.15, -0.1) is 0 Å². The molecule has 0 aliphatic rings. The second kappa shape index (κ2) is 8.95. The largest absolute Gasteiger partial charge is 0.419 e. The molecule has 0 N–H and O–H groups in total. The summed E-state index contributed by atoms with van der Waals surface area (Å²) in [5.74, 6) is -0.465. The maximum Gasteiger partial charge on any atom is 0.343 e. The first-order chi connectivity index (χ1) is 14.3. The lowest BCUT2D eigenvalue weighted by Crippen LogP contribution is -2.17. The summed E-state index contributed by atoms with van der Waals surface area (Å²) in [4.78, 5) is 25.4. The van der Waals surface area contributed by atoms with Crippen molar-refractivity contribution in [3.8, 4) is 11.5 Å². The van der Waals surface area contributed by atoms with E-state index in [1.807, 2.05) is 25.1 Å². The highest BCUT2D eigenvalue weighted by molar-refractivity contribution is 5.93. The molecule has 4 heteroatoms. The third-order valence-electron chi connectivity index (χ3n) is 4.80. The van der Waals surface area contributed by atoms with Gasteiger partial charge in [0, 0.05) is 0 Å². The highest BCUT2D eigenvalue weighted by Crippen LogP contribution is 2.38. The van der Waals surface area contributed by atoms with Crippen LogP contribution in [0, 0.1) is 0 Å². The molecule has 0 aromatic heterocycles. The molecule has 3 aromatic rings. The molecular weight excluding hydrogens is 376 g/mol. The summed E-state index contributed by atoms with van der Waals surface area (Å²) in [6.07, 6.45) is 0.622. The number of aryl methyl sites for hydroxylation is 1. The van der Waals surface area contributed by atoms with Crippen molar-refractivity contribution in [2.45, 2.75) is 39.5 Å². The van der Waals surface area contributed by atoms with Gasteiger partial charge < -0.3 is 9.47 Å². The van der Waals surface area contributed by atoms with Gasteiger partial charge in [-0.1, -0.05) is 70.2 Å². The SMILES string of the molecule is CCc1cc(C(C)(C)C)cc(OC(=O)c2ccccc2)c1OC(=O)c1ccccc1. The van der Waals surface area contributed by atoms with Crippen LogP contribution < -0.4 is 9.47 Å². The van der Waals surface area contributed by atoms with Gasteiger partial charge >= 0.3 is 11.9 Å². The molecular formula is C26H26O4. The van der Waals surface area contributed by atoms with Gasteiger partial charge in [-0.05, 0) is 53.3 Å². The van der Waals surface area contributed by atoms with Crippen molar-refractivity contribution in [2.24, 2.45) is 0 Å².